The monoisotopic (exact) mass is 210 g/mol. The molecule has 0 aromatic heterocycles. The highest BCUT2D eigenvalue weighted by molar-refractivity contribution is 5.92. The molecule has 0 atom stereocenters. The molecule has 0 spiro atoms. The van der Waals surface area contributed by atoms with E-state index >= 15 is 0 Å². The Kier molecular flexibility index (Phi) is 3.50. The zero-order chi connectivity index (χ0) is 11.6. The van der Waals surface area contributed by atoms with Crippen LogP contribution in [0.2, 0.25) is 0 Å². The molecule has 0 radical (unpaired) electrons. The highest BCUT2D eigenvalue weighted by atomic mass is 16.2. The number of carbonyl (C=O) groups excluding carboxylic acids is 2. The van der Waals surface area contributed by atoms with Crippen molar-refractivity contribution in [2.45, 2.75) is 25.8 Å². The molecular weight excluding hydrogens is 192 g/mol. The number of carbonyl (C=O) groups is 2. The van der Waals surface area contributed by atoms with Crippen LogP contribution in [-0.2, 0) is 9.59 Å². The fraction of sp³-hybridized carbons (Fsp3) is 0.636. The van der Waals surface area contributed by atoms with Crippen molar-refractivity contribution in [3.05, 3.63) is 12.3 Å². The molecule has 0 heterocycles. The number of nitrogens with zero attached hydrogens (tertiary/aromatic N) is 1. The van der Waals surface area contributed by atoms with Crippen LogP contribution in [0.15, 0.2) is 12.3 Å². The molecule has 1 aliphatic carbocycles. The maximum atomic E-state index is 11.5. The van der Waals surface area contributed by atoms with Gasteiger partial charge < -0.3 is 10.2 Å². The second-order valence-corrected chi connectivity index (χ2v) is 4.29. The van der Waals surface area contributed by atoms with Crippen LogP contribution in [0.3, 0.4) is 0 Å². The third kappa shape index (κ3) is 2.81. The normalized spacial score (nSPS) is 23.9. The van der Waals surface area contributed by atoms with Gasteiger partial charge in [0.2, 0.25) is 0 Å². The molecular formula is C11H18N2O2. The molecule has 1 N–H and O–H groups in total. The van der Waals surface area contributed by atoms with Gasteiger partial charge in [-0.15, -0.1) is 0 Å². The Balaban J connectivity index is 2.31. The summed E-state index contributed by atoms with van der Waals surface area (Å²) in [6.45, 7) is 5.27. The molecule has 0 aromatic rings. The van der Waals surface area contributed by atoms with E-state index in [0.29, 0.717) is 5.70 Å². The largest absolute Gasteiger partial charge is 0.374 e. The van der Waals surface area contributed by atoms with Gasteiger partial charge in [-0.05, 0) is 19.8 Å². The average Bonchev–Trinajstić information content (AvgIpc) is 2.07. The van der Waals surface area contributed by atoms with Gasteiger partial charge in [0, 0.05) is 26.1 Å². The van der Waals surface area contributed by atoms with Crippen LogP contribution >= 0.6 is 0 Å². The second-order valence-electron chi connectivity index (χ2n) is 4.29. The molecule has 0 bridgehead atoms. The summed E-state index contributed by atoms with van der Waals surface area (Å²) in [7, 11) is 3.56. The van der Waals surface area contributed by atoms with Gasteiger partial charge >= 0.3 is 0 Å². The van der Waals surface area contributed by atoms with Crippen LogP contribution in [0.1, 0.15) is 19.8 Å². The standard InChI is InChI=1S/C11H18N2O2/c1-7(13(3)4)11(15)12-10-5-9(6-10)8(2)14/h9-10H,1,5-6H2,2-4H3,(H,12,15). The lowest BCUT2D eigenvalue weighted by molar-refractivity contribution is -0.126. The second kappa shape index (κ2) is 4.47. The minimum Gasteiger partial charge on any atom is -0.374 e. The quantitative estimate of drug-likeness (QED) is 0.689. The van der Waals surface area contributed by atoms with Crippen molar-refractivity contribution in [2.75, 3.05) is 14.1 Å². The van der Waals surface area contributed by atoms with Crippen LogP contribution in [0.5, 0.6) is 0 Å². The van der Waals surface area contributed by atoms with Gasteiger partial charge in [0.1, 0.15) is 5.78 Å². The number of rotatable bonds is 4. The van der Waals surface area contributed by atoms with Crippen molar-refractivity contribution in [2.24, 2.45) is 5.92 Å². The molecule has 84 valence electrons. The minimum absolute atomic E-state index is 0.142. The Labute approximate surface area is 90.3 Å². The van der Waals surface area contributed by atoms with Crippen LogP contribution in [-0.4, -0.2) is 36.7 Å². The average molecular weight is 210 g/mol. The molecule has 0 aliphatic heterocycles. The summed E-state index contributed by atoms with van der Waals surface area (Å²) in [5, 5.41) is 2.85. The van der Waals surface area contributed by atoms with Crippen molar-refractivity contribution in [1.82, 2.24) is 10.2 Å². The smallest absolute Gasteiger partial charge is 0.267 e. The molecule has 1 fully saturated rings. The Morgan fingerprint density at radius 3 is 2.27 bits per heavy atom. The summed E-state index contributed by atoms with van der Waals surface area (Å²) in [4.78, 5) is 24.2. The minimum atomic E-state index is -0.146. The Morgan fingerprint density at radius 2 is 1.87 bits per heavy atom. The number of nitrogens with one attached hydrogen (secondary N) is 1. The predicted molar refractivity (Wildman–Crippen MR) is 58.2 cm³/mol. The third-order valence-electron chi connectivity index (χ3n) is 2.85. The lowest BCUT2D eigenvalue weighted by Gasteiger charge is -2.34. The molecule has 1 amide bonds. The number of hydrogen-bond acceptors (Lipinski definition) is 3. The predicted octanol–water partition coefficient (Wildman–Crippen LogP) is 0.545. The van der Waals surface area contributed by atoms with E-state index in [1.807, 2.05) is 0 Å². The molecule has 15 heavy (non-hydrogen) atoms. The number of Topliss-reactive ketones (excluding diaryl/α,β-unsaturated/α-hetero) is 1. The Hall–Kier alpha value is -1.32. The number of hydrogen-bond donors (Lipinski definition) is 1. The molecule has 4 nitrogen and oxygen atoms in total. The van der Waals surface area contributed by atoms with Crippen molar-refractivity contribution in [3.63, 3.8) is 0 Å². The number of ketones is 1. The van der Waals surface area contributed by atoms with Gasteiger partial charge in [0.25, 0.3) is 5.91 Å². The van der Waals surface area contributed by atoms with Crippen LogP contribution in [0.25, 0.3) is 0 Å². The number of amides is 1. The SMILES string of the molecule is C=C(C(=O)NC1CC(C(C)=O)C1)N(C)C. The first kappa shape index (κ1) is 11.8. The van der Waals surface area contributed by atoms with E-state index < -0.39 is 0 Å². The summed E-state index contributed by atoms with van der Waals surface area (Å²) in [6, 6.07) is 0.142. The highest BCUT2D eigenvalue weighted by Crippen LogP contribution is 2.28. The summed E-state index contributed by atoms with van der Waals surface area (Å²) >= 11 is 0. The molecule has 1 saturated carbocycles. The van der Waals surface area contributed by atoms with E-state index in [-0.39, 0.29) is 23.7 Å². The zero-order valence-electron chi connectivity index (χ0n) is 9.54. The van der Waals surface area contributed by atoms with E-state index in [4.69, 9.17) is 0 Å². The van der Waals surface area contributed by atoms with E-state index in [0.717, 1.165) is 12.8 Å². The van der Waals surface area contributed by atoms with Gasteiger partial charge in [-0.3, -0.25) is 9.59 Å². The molecule has 0 aromatic carbocycles. The van der Waals surface area contributed by atoms with Crippen LogP contribution < -0.4 is 5.32 Å². The molecule has 1 rings (SSSR count). The maximum absolute atomic E-state index is 11.5. The Morgan fingerprint density at radius 1 is 1.33 bits per heavy atom. The van der Waals surface area contributed by atoms with Crippen molar-refractivity contribution >= 4 is 11.7 Å². The summed E-state index contributed by atoms with van der Waals surface area (Å²) < 4.78 is 0. The van der Waals surface area contributed by atoms with Gasteiger partial charge in [-0.1, -0.05) is 6.58 Å². The lowest BCUT2D eigenvalue weighted by Crippen LogP contribution is -2.47. The fourth-order valence-corrected chi connectivity index (χ4v) is 1.54. The first-order valence-electron chi connectivity index (χ1n) is 5.09. The van der Waals surface area contributed by atoms with Crippen LogP contribution in [0.4, 0.5) is 0 Å². The maximum Gasteiger partial charge on any atom is 0.267 e. The first-order chi connectivity index (χ1) is 6.91. The van der Waals surface area contributed by atoms with Crippen LogP contribution in [0, 0.1) is 5.92 Å². The molecule has 0 unspecified atom stereocenters. The van der Waals surface area contributed by atoms with E-state index in [1.54, 1.807) is 25.9 Å². The van der Waals surface area contributed by atoms with Gasteiger partial charge in [-0.25, -0.2) is 0 Å². The third-order valence-corrected chi connectivity index (χ3v) is 2.85. The Bertz CT molecular complexity index is 291. The topological polar surface area (TPSA) is 49.4 Å². The molecule has 4 heteroatoms. The van der Waals surface area contributed by atoms with Crippen molar-refractivity contribution in [3.8, 4) is 0 Å². The number of likely N-dealkylation sites (N-methyl/N-ethyl adjacent to an activating group) is 1. The summed E-state index contributed by atoms with van der Waals surface area (Å²) in [6.07, 6.45) is 1.53. The lowest BCUT2D eigenvalue weighted by atomic mass is 9.78. The molecule has 0 saturated heterocycles. The summed E-state index contributed by atoms with van der Waals surface area (Å²) in [5.74, 6) is 0.210. The van der Waals surface area contributed by atoms with Crippen molar-refractivity contribution < 1.29 is 9.59 Å². The molecule has 1 aliphatic rings. The van der Waals surface area contributed by atoms with Gasteiger partial charge in [0.05, 0.1) is 5.70 Å². The van der Waals surface area contributed by atoms with E-state index in [1.165, 1.54) is 0 Å². The highest BCUT2D eigenvalue weighted by Gasteiger charge is 2.33. The summed E-state index contributed by atoms with van der Waals surface area (Å²) in [5.41, 5.74) is 0.446. The van der Waals surface area contributed by atoms with E-state index in [9.17, 15) is 9.59 Å². The zero-order valence-corrected chi connectivity index (χ0v) is 9.54. The van der Waals surface area contributed by atoms with E-state index in [2.05, 4.69) is 11.9 Å². The van der Waals surface area contributed by atoms with Gasteiger partial charge in [-0.2, -0.15) is 0 Å². The van der Waals surface area contributed by atoms with Gasteiger partial charge in [0.15, 0.2) is 0 Å². The van der Waals surface area contributed by atoms with Crippen molar-refractivity contribution in [1.29, 1.82) is 0 Å². The fourth-order valence-electron chi connectivity index (χ4n) is 1.54. The first-order valence-corrected chi connectivity index (χ1v) is 5.09.